The van der Waals surface area contributed by atoms with E-state index in [1.54, 1.807) is 36.4 Å². The maximum Gasteiger partial charge on any atom is 0.336 e. The summed E-state index contributed by atoms with van der Waals surface area (Å²) in [6.45, 7) is 10.8. The number of carboxylic acid groups (broad SMARTS) is 1. The van der Waals surface area contributed by atoms with E-state index in [0.29, 0.717) is 12.2 Å². The van der Waals surface area contributed by atoms with Crippen LogP contribution in [0.2, 0.25) is 0 Å². The largest absolute Gasteiger partial charge is 0.488 e. The number of hydrogen-bond acceptors (Lipinski definition) is 4. The summed E-state index contributed by atoms with van der Waals surface area (Å²) in [7, 11) is 0. The molecule has 0 amide bonds. The lowest BCUT2D eigenvalue weighted by molar-refractivity contribution is -0.131. The van der Waals surface area contributed by atoms with Crippen LogP contribution in [0.15, 0.2) is 66.8 Å². The third kappa shape index (κ3) is 9.65. The van der Waals surface area contributed by atoms with E-state index >= 15 is 0 Å². The van der Waals surface area contributed by atoms with Crippen molar-refractivity contribution in [1.29, 1.82) is 0 Å². The Morgan fingerprint density at radius 1 is 0.875 bits per heavy atom. The molecular formula is C27H32O5. The van der Waals surface area contributed by atoms with Crippen molar-refractivity contribution in [2.75, 3.05) is 0 Å². The molecule has 2 rings (SSSR count). The maximum atomic E-state index is 12.1. The fourth-order valence-corrected chi connectivity index (χ4v) is 3.58. The molecule has 170 valence electrons. The molecule has 0 heterocycles. The zero-order valence-electron chi connectivity index (χ0n) is 19.4. The molecule has 0 atom stereocenters. The Morgan fingerprint density at radius 2 is 1.47 bits per heavy atom. The Kier molecular flexibility index (Phi) is 8.41. The number of benzene rings is 2. The van der Waals surface area contributed by atoms with Crippen LogP contribution < -0.4 is 9.47 Å². The number of carboxylic acids is 1. The summed E-state index contributed by atoms with van der Waals surface area (Å²) in [5, 5.41) is 8.61. The second-order valence-corrected chi connectivity index (χ2v) is 9.51. The summed E-state index contributed by atoms with van der Waals surface area (Å²) < 4.78 is 11.4. The molecule has 0 aliphatic rings. The quantitative estimate of drug-likeness (QED) is 0.293. The van der Waals surface area contributed by atoms with E-state index in [9.17, 15) is 9.59 Å². The van der Waals surface area contributed by atoms with Crippen LogP contribution in [0.1, 0.15) is 52.2 Å². The molecule has 0 radical (unpaired) electrons. The Morgan fingerprint density at radius 3 is 2.03 bits per heavy atom. The molecule has 5 nitrogen and oxygen atoms in total. The van der Waals surface area contributed by atoms with Gasteiger partial charge in [0, 0.05) is 12.2 Å². The van der Waals surface area contributed by atoms with Gasteiger partial charge in [0.25, 0.3) is 0 Å². The minimum absolute atomic E-state index is 0.171. The highest BCUT2D eigenvalue weighted by Gasteiger charge is 2.27. The molecule has 0 aliphatic heterocycles. The van der Waals surface area contributed by atoms with Crippen LogP contribution >= 0.6 is 0 Å². The predicted molar refractivity (Wildman–Crippen MR) is 127 cm³/mol. The van der Waals surface area contributed by atoms with Crippen molar-refractivity contribution >= 4 is 18.0 Å². The van der Waals surface area contributed by atoms with Crippen LogP contribution in [0.5, 0.6) is 11.5 Å². The van der Waals surface area contributed by atoms with Crippen LogP contribution in [-0.4, -0.2) is 22.6 Å². The zero-order valence-corrected chi connectivity index (χ0v) is 19.4. The smallest absolute Gasteiger partial charge is 0.336 e. The molecule has 2 aromatic rings. The van der Waals surface area contributed by atoms with Gasteiger partial charge in [-0.1, -0.05) is 51.1 Å². The Hall–Kier alpha value is -3.34. The Labute approximate surface area is 190 Å². The number of carbonyl (C=O) groups excluding carboxylic acids is 1. The van der Waals surface area contributed by atoms with Crippen molar-refractivity contribution in [2.45, 2.75) is 53.1 Å². The van der Waals surface area contributed by atoms with E-state index in [-0.39, 0.29) is 11.0 Å². The van der Waals surface area contributed by atoms with Gasteiger partial charge in [-0.15, -0.1) is 0 Å². The van der Waals surface area contributed by atoms with Crippen molar-refractivity contribution in [3.05, 3.63) is 77.9 Å². The summed E-state index contributed by atoms with van der Waals surface area (Å²) in [6, 6.07) is 14.5. The van der Waals surface area contributed by atoms with Crippen molar-refractivity contribution in [3.8, 4) is 11.5 Å². The lowest BCUT2D eigenvalue weighted by Crippen LogP contribution is -2.33. The van der Waals surface area contributed by atoms with Gasteiger partial charge >= 0.3 is 11.9 Å². The number of esters is 1. The van der Waals surface area contributed by atoms with Gasteiger partial charge in [0.05, 0.1) is 0 Å². The van der Waals surface area contributed by atoms with Crippen LogP contribution in [0.4, 0.5) is 0 Å². The van der Waals surface area contributed by atoms with Gasteiger partial charge in [0.15, 0.2) is 0 Å². The first-order valence-electron chi connectivity index (χ1n) is 10.6. The second kappa shape index (κ2) is 10.8. The van der Waals surface area contributed by atoms with Gasteiger partial charge in [-0.3, -0.25) is 0 Å². The minimum Gasteiger partial charge on any atom is -0.488 e. The summed E-state index contributed by atoms with van der Waals surface area (Å²) in [4.78, 5) is 22.6. The van der Waals surface area contributed by atoms with Crippen molar-refractivity contribution in [3.63, 3.8) is 0 Å². The fraction of sp³-hybridized carbons (Fsp3) is 0.333. The van der Waals surface area contributed by atoms with E-state index in [0.717, 1.165) is 29.4 Å². The highest BCUT2D eigenvalue weighted by molar-refractivity contribution is 5.88. The van der Waals surface area contributed by atoms with Gasteiger partial charge in [0.1, 0.15) is 17.1 Å². The zero-order chi connectivity index (χ0) is 23.8. The molecule has 2 aromatic carbocycles. The van der Waals surface area contributed by atoms with E-state index in [2.05, 4.69) is 34.6 Å². The first kappa shape index (κ1) is 24.9. The van der Waals surface area contributed by atoms with E-state index in [1.165, 1.54) is 6.08 Å². The highest BCUT2D eigenvalue weighted by atomic mass is 16.5. The summed E-state index contributed by atoms with van der Waals surface area (Å²) >= 11 is 0. The van der Waals surface area contributed by atoms with Gasteiger partial charge in [-0.2, -0.15) is 0 Å². The van der Waals surface area contributed by atoms with Crippen molar-refractivity contribution in [1.82, 2.24) is 0 Å². The number of ether oxygens (including phenoxy) is 2. The highest BCUT2D eigenvalue weighted by Crippen LogP contribution is 2.31. The monoisotopic (exact) mass is 436 g/mol. The average molecular weight is 437 g/mol. The lowest BCUT2D eigenvalue weighted by atomic mass is 9.83. The van der Waals surface area contributed by atoms with E-state index < -0.39 is 11.9 Å². The average Bonchev–Trinajstić information content (AvgIpc) is 2.66. The molecule has 32 heavy (non-hydrogen) atoms. The molecular weight excluding hydrogens is 404 g/mol. The van der Waals surface area contributed by atoms with Crippen molar-refractivity contribution in [2.24, 2.45) is 5.41 Å². The summed E-state index contributed by atoms with van der Waals surface area (Å²) in [5.74, 6) is -0.239. The fourth-order valence-electron chi connectivity index (χ4n) is 3.58. The Balaban J connectivity index is 1.89. The maximum absolute atomic E-state index is 12.1. The van der Waals surface area contributed by atoms with Crippen LogP contribution in [-0.2, 0) is 16.0 Å². The first-order chi connectivity index (χ1) is 14.9. The number of carbonyl (C=O) groups is 2. The molecule has 0 aromatic heterocycles. The SMILES string of the molecule is CC(C)(C)CC(C)(C)Oc1ccc(/C=C/C(=O)Oc2ccc(C/C=C/C(=O)O)cc2)cc1. The summed E-state index contributed by atoms with van der Waals surface area (Å²) in [5.41, 5.74) is 1.68. The van der Waals surface area contributed by atoms with Crippen LogP contribution in [0.3, 0.4) is 0 Å². The lowest BCUT2D eigenvalue weighted by Gasteiger charge is -2.33. The molecule has 0 unspecified atom stereocenters. The first-order valence-corrected chi connectivity index (χ1v) is 10.6. The van der Waals surface area contributed by atoms with Gasteiger partial charge < -0.3 is 14.6 Å². The number of aliphatic carboxylic acids is 1. The molecule has 0 saturated heterocycles. The summed E-state index contributed by atoms with van der Waals surface area (Å²) in [6.07, 6.45) is 7.15. The predicted octanol–water partition coefficient (Wildman–Crippen LogP) is 6.08. The van der Waals surface area contributed by atoms with E-state index in [1.807, 2.05) is 24.3 Å². The Bertz CT molecular complexity index is 959. The molecule has 1 N–H and O–H groups in total. The molecule has 0 spiro atoms. The number of allylic oxidation sites excluding steroid dienone is 1. The van der Waals surface area contributed by atoms with Crippen LogP contribution in [0, 0.1) is 5.41 Å². The molecule has 0 aliphatic carbocycles. The third-order valence-corrected chi connectivity index (χ3v) is 4.40. The van der Waals surface area contributed by atoms with Gasteiger partial charge in [-0.05, 0) is 73.6 Å². The normalized spacial score (nSPS) is 12.3. The number of rotatable bonds is 9. The van der Waals surface area contributed by atoms with Crippen LogP contribution in [0.25, 0.3) is 6.08 Å². The van der Waals surface area contributed by atoms with Crippen molar-refractivity contribution < 1.29 is 24.2 Å². The molecule has 5 heteroatoms. The molecule has 0 fully saturated rings. The van der Waals surface area contributed by atoms with Gasteiger partial charge in [0.2, 0.25) is 0 Å². The standard InChI is InChI=1S/C27H32O5/c1-26(2,3)19-27(4,5)32-23-16-11-21(12-17-23)13-18-25(30)31-22-14-9-20(10-15-22)7-6-8-24(28)29/h6,8-18H,7,19H2,1-5H3,(H,28,29)/b8-6+,18-13+. The second-order valence-electron chi connectivity index (χ2n) is 9.51. The minimum atomic E-state index is -0.978. The topological polar surface area (TPSA) is 72.8 Å². The number of hydrogen-bond donors (Lipinski definition) is 1. The third-order valence-electron chi connectivity index (χ3n) is 4.40. The van der Waals surface area contributed by atoms with E-state index in [4.69, 9.17) is 14.6 Å². The molecule has 0 saturated carbocycles. The molecule has 0 bridgehead atoms. The van der Waals surface area contributed by atoms with Gasteiger partial charge in [-0.25, -0.2) is 9.59 Å².